The lowest BCUT2D eigenvalue weighted by Crippen LogP contribution is -2.48. The monoisotopic (exact) mass is 334 g/mol. The molecule has 2 aliphatic rings. The van der Waals surface area contributed by atoms with Crippen LogP contribution in [0.3, 0.4) is 0 Å². The first-order valence-electron chi connectivity index (χ1n) is 7.18. The molecular formula is C14H17F3N2O2S. The Hall–Kier alpha value is -1.12. The van der Waals surface area contributed by atoms with Crippen molar-refractivity contribution < 1.29 is 21.6 Å². The third-order valence-corrected chi connectivity index (χ3v) is 6.55. The SMILES string of the molecule is CN(C1CC2CCC(C1)N2)S(=O)(=O)c1ccc(F)c(F)c1F. The lowest BCUT2D eigenvalue weighted by Gasteiger charge is -2.34. The Labute approximate surface area is 127 Å². The van der Waals surface area contributed by atoms with E-state index in [1.54, 1.807) is 0 Å². The molecular weight excluding hydrogens is 317 g/mol. The second-order valence-corrected chi connectivity index (χ2v) is 7.92. The number of piperidine rings is 1. The van der Waals surface area contributed by atoms with Gasteiger partial charge in [0.15, 0.2) is 17.5 Å². The van der Waals surface area contributed by atoms with Gasteiger partial charge in [0.2, 0.25) is 10.0 Å². The van der Waals surface area contributed by atoms with Gasteiger partial charge in [0.1, 0.15) is 4.90 Å². The van der Waals surface area contributed by atoms with Crippen LogP contribution in [0.15, 0.2) is 17.0 Å². The van der Waals surface area contributed by atoms with E-state index < -0.39 is 32.4 Å². The molecule has 0 aliphatic carbocycles. The fourth-order valence-corrected chi connectivity index (χ4v) is 4.81. The maximum absolute atomic E-state index is 13.8. The molecule has 2 heterocycles. The molecule has 2 unspecified atom stereocenters. The van der Waals surface area contributed by atoms with Crippen LogP contribution in [0.2, 0.25) is 0 Å². The van der Waals surface area contributed by atoms with Gasteiger partial charge in [0.05, 0.1) is 0 Å². The molecule has 4 nitrogen and oxygen atoms in total. The van der Waals surface area contributed by atoms with E-state index in [1.165, 1.54) is 7.05 Å². The van der Waals surface area contributed by atoms with Crippen LogP contribution in [0.25, 0.3) is 0 Å². The molecule has 0 aromatic heterocycles. The summed E-state index contributed by atoms with van der Waals surface area (Å²) >= 11 is 0. The molecule has 0 spiro atoms. The number of rotatable bonds is 3. The van der Waals surface area contributed by atoms with E-state index >= 15 is 0 Å². The smallest absolute Gasteiger partial charge is 0.246 e. The number of hydrogen-bond donors (Lipinski definition) is 1. The van der Waals surface area contributed by atoms with E-state index in [2.05, 4.69) is 5.32 Å². The van der Waals surface area contributed by atoms with Crippen molar-refractivity contribution in [3.05, 3.63) is 29.6 Å². The van der Waals surface area contributed by atoms with E-state index in [0.717, 1.165) is 23.2 Å². The van der Waals surface area contributed by atoms with Crippen LogP contribution in [0.1, 0.15) is 25.7 Å². The highest BCUT2D eigenvalue weighted by atomic mass is 32.2. The summed E-state index contributed by atoms with van der Waals surface area (Å²) in [6, 6.07) is 1.66. The first-order chi connectivity index (χ1) is 10.3. The van der Waals surface area contributed by atoms with E-state index in [9.17, 15) is 21.6 Å². The summed E-state index contributed by atoms with van der Waals surface area (Å²) in [5, 5.41) is 3.39. The van der Waals surface area contributed by atoms with Crippen molar-refractivity contribution in [1.29, 1.82) is 0 Å². The third-order valence-electron chi connectivity index (χ3n) is 4.62. The topological polar surface area (TPSA) is 49.4 Å². The van der Waals surface area contributed by atoms with Crippen molar-refractivity contribution in [1.82, 2.24) is 9.62 Å². The highest BCUT2D eigenvalue weighted by molar-refractivity contribution is 7.89. The highest BCUT2D eigenvalue weighted by Crippen LogP contribution is 2.32. The van der Waals surface area contributed by atoms with Crippen LogP contribution in [0, 0.1) is 17.5 Å². The summed E-state index contributed by atoms with van der Waals surface area (Å²) in [6.07, 6.45) is 3.26. The normalized spacial score (nSPS) is 28.3. The molecule has 1 N–H and O–H groups in total. The summed E-state index contributed by atoms with van der Waals surface area (Å²) in [5.41, 5.74) is 0. The van der Waals surface area contributed by atoms with Gasteiger partial charge in [-0.25, -0.2) is 21.6 Å². The molecule has 0 amide bonds. The van der Waals surface area contributed by atoms with Gasteiger partial charge in [-0.3, -0.25) is 0 Å². The Bertz CT molecular complexity index is 684. The standard InChI is InChI=1S/C14H17F3N2O2S/c1-19(10-6-8-2-3-9(7-10)18-8)22(20,21)12-5-4-11(15)13(16)14(12)17/h4-5,8-10,18H,2-3,6-7H2,1H3. The molecule has 2 fully saturated rings. The molecule has 2 saturated heterocycles. The van der Waals surface area contributed by atoms with Crippen LogP contribution < -0.4 is 5.32 Å². The summed E-state index contributed by atoms with van der Waals surface area (Å²) < 4.78 is 66.3. The van der Waals surface area contributed by atoms with Crippen LogP contribution in [0.5, 0.6) is 0 Å². The van der Waals surface area contributed by atoms with Gasteiger partial charge in [-0.2, -0.15) is 4.31 Å². The Morgan fingerprint density at radius 3 is 2.27 bits per heavy atom. The van der Waals surface area contributed by atoms with Gasteiger partial charge in [-0.05, 0) is 37.8 Å². The summed E-state index contributed by atoms with van der Waals surface area (Å²) in [6.45, 7) is 0. The van der Waals surface area contributed by atoms with Gasteiger partial charge in [0, 0.05) is 25.2 Å². The number of fused-ring (bicyclic) bond motifs is 2. The number of nitrogens with one attached hydrogen (secondary N) is 1. The summed E-state index contributed by atoms with van der Waals surface area (Å²) in [5.74, 6) is -4.83. The van der Waals surface area contributed by atoms with Crippen LogP contribution in [-0.2, 0) is 10.0 Å². The molecule has 1 aromatic carbocycles. The van der Waals surface area contributed by atoms with Crippen LogP contribution >= 0.6 is 0 Å². The first-order valence-corrected chi connectivity index (χ1v) is 8.62. The Morgan fingerprint density at radius 1 is 1.09 bits per heavy atom. The zero-order chi connectivity index (χ0) is 16.1. The lowest BCUT2D eigenvalue weighted by molar-refractivity contribution is 0.250. The molecule has 0 radical (unpaired) electrons. The fourth-order valence-electron chi connectivity index (χ4n) is 3.38. The van der Waals surface area contributed by atoms with E-state index in [0.29, 0.717) is 18.9 Å². The second-order valence-electron chi connectivity index (χ2n) is 5.96. The van der Waals surface area contributed by atoms with Crippen LogP contribution in [0.4, 0.5) is 13.2 Å². The lowest BCUT2D eigenvalue weighted by atomic mass is 10.0. The molecule has 22 heavy (non-hydrogen) atoms. The maximum atomic E-state index is 13.8. The predicted molar refractivity (Wildman–Crippen MR) is 74.2 cm³/mol. The minimum Gasteiger partial charge on any atom is -0.311 e. The van der Waals surface area contributed by atoms with E-state index in [-0.39, 0.29) is 18.1 Å². The largest absolute Gasteiger partial charge is 0.311 e. The van der Waals surface area contributed by atoms with Crippen molar-refractivity contribution in [3.8, 4) is 0 Å². The quantitative estimate of drug-likeness (QED) is 0.861. The minimum absolute atomic E-state index is 0.260. The zero-order valence-electron chi connectivity index (χ0n) is 12.0. The molecule has 2 bridgehead atoms. The predicted octanol–water partition coefficient (Wildman–Crippen LogP) is 2.01. The van der Waals surface area contributed by atoms with Gasteiger partial charge in [0.25, 0.3) is 0 Å². The van der Waals surface area contributed by atoms with Gasteiger partial charge >= 0.3 is 0 Å². The molecule has 122 valence electrons. The molecule has 0 saturated carbocycles. The van der Waals surface area contributed by atoms with Crippen molar-refractivity contribution in [2.45, 2.75) is 48.7 Å². The third kappa shape index (κ3) is 2.53. The molecule has 3 rings (SSSR count). The average Bonchev–Trinajstić information content (AvgIpc) is 2.82. The number of hydrogen-bond acceptors (Lipinski definition) is 3. The maximum Gasteiger partial charge on any atom is 0.246 e. The Morgan fingerprint density at radius 2 is 1.68 bits per heavy atom. The average molecular weight is 334 g/mol. The Kier molecular flexibility index (Phi) is 3.94. The molecule has 1 aromatic rings. The van der Waals surface area contributed by atoms with Crippen molar-refractivity contribution in [2.75, 3.05) is 7.05 Å². The Balaban J connectivity index is 1.91. The summed E-state index contributed by atoms with van der Waals surface area (Å²) in [4.78, 5) is -0.820. The minimum atomic E-state index is -4.20. The first kappa shape index (κ1) is 15.8. The van der Waals surface area contributed by atoms with Crippen molar-refractivity contribution in [2.24, 2.45) is 0 Å². The van der Waals surface area contributed by atoms with Gasteiger partial charge < -0.3 is 5.32 Å². The van der Waals surface area contributed by atoms with Gasteiger partial charge in [-0.15, -0.1) is 0 Å². The van der Waals surface area contributed by atoms with Crippen molar-refractivity contribution >= 4 is 10.0 Å². The molecule has 2 atom stereocenters. The van der Waals surface area contributed by atoms with Gasteiger partial charge in [-0.1, -0.05) is 0 Å². The van der Waals surface area contributed by atoms with E-state index in [4.69, 9.17) is 0 Å². The van der Waals surface area contributed by atoms with E-state index in [1.807, 2.05) is 0 Å². The van der Waals surface area contributed by atoms with Crippen molar-refractivity contribution in [3.63, 3.8) is 0 Å². The second kappa shape index (κ2) is 5.50. The van der Waals surface area contributed by atoms with Crippen LogP contribution in [-0.4, -0.2) is 37.9 Å². The number of nitrogens with zero attached hydrogens (tertiary/aromatic N) is 1. The number of sulfonamides is 1. The molecule has 8 heteroatoms. The zero-order valence-corrected chi connectivity index (χ0v) is 12.8. The molecule has 2 aliphatic heterocycles. The fraction of sp³-hybridized carbons (Fsp3) is 0.571. The number of benzene rings is 1. The number of halogens is 3. The highest BCUT2D eigenvalue weighted by Gasteiger charge is 2.39. The summed E-state index contributed by atoms with van der Waals surface area (Å²) in [7, 11) is -2.84.